The van der Waals surface area contributed by atoms with Gasteiger partial charge in [0.2, 0.25) is 0 Å². The van der Waals surface area contributed by atoms with Crippen LogP contribution in [0.5, 0.6) is 0 Å². The first-order valence-corrected chi connectivity index (χ1v) is 6.87. The standard InChI is InChI=1S/C14H18ClFN2O/c1-9(17)10-4-3-7-18(8-10)14(19)11-5-2-6-12(15)13(11)16/h2,5-6,9-10H,3-4,7-8,17H2,1H3. The van der Waals surface area contributed by atoms with Crippen molar-refractivity contribution in [3.8, 4) is 0 Å². The minimum Gasteiger partial charge on any atom is -0.338 e. The van der Waals surface area contributed by atoms with Crippen LogP contribution in [-0.2, 0) is 0 Å². The fourth-order valence-corrected chi connectivity index (χ4v) is 2.64. The molecule has 0 saturated carbocycles. The Kier molecular flexibility index (Phi) is 4.42. The van der Waals surface area contributed by atoms with E-state index in [1.54, 1.807) is 11.0 Å². The lowest BCUT2D eigenvalue weighted by atomic mass is 9.92. The second-order valence-corrected chi connectivity index (χ2v) is 5.52. The van der Waals surface area contributed by atoms with E-state index >= 15 is 0 Å². The molecule has 1 aliphatic rings. The molecular weight excluding hydrogens is 267 g/mol. The third-order valence-electron chi connectivity index (χ3n) is 3.67. The molecule has 1 saturated heterocycles. The molecule has 0 radical (unpaired) electrons. The van der Waals surface area contributed by atoms with E-state index in [4.69, 9.17) is 17.3 Å². The smallest absolute Gasteiger partial charge is 0.256 e. The summed E-state index contributed by atoms with van der Waals surface area (Å²) in [5, 5.41) is -0.0217. The highest BCUT2D eigenvalue weighted by atomic mass is 35.5. The van der Waals surface area contributed by atoms with Crippen LogP contribution in [0.2, 0.25) is 5.02 Å². The van der Waals surface area contributed by atoms with Crippen molar-refractivity contribution in [2.24, 2.45) is 11.7 Å². The molecule has 0 bridgehead atoms. The van der Waals surface area contributed by atoms with Gasteiger partial charge in [0.05, 0.1) is 10.6 Å². The summed E-state index contributed by atoms with van der Waals surface area (Å²) in [7, 11) is 0. The van der Waals surface area contributed by atoms with Crippen molar-refractivity contribution in [2.75, 3.05) is 13.1 Å². The van der Waals surface area contributed by atoms with Crippen molar-refractivity contribution in [1.29, 1.82) is 0 Å². The van der Waals surface area contributed by atoms with Gasteiger partial charge >= 0.3 is 0 Å². The molecule has 0 spiro atoms. The molecule has 0 aromatic heterocycles. The number of likely N-dealkylation sites (tertiary alicyclic amines) is 1. The Hall–Kier alpha value is -1.13. The van der Waals surface area contributed by atoms with E-state index in [0.29, 0.717) is 13.1 Å². The quantitative estimate of drug-likeness (QED) is 0.907. The lowest BCUT2D eigenvalue weighted by Crippen LogP contribution is -2.45. The Labute approximate surface area is 117 Å². The van der Waals surface area contributed by atoms with Gasteiger partial charge in [0.1, 0.15) is 0 Å². The molecule has 1 heterocycles. The SMILES string of the molecule is CC(N)C1CCCN(C(=O)c2cccc(Cl)c2F)C1. The molecule has 1 aromatic rings. The second-order valence-electron chi connectivity index (χ2n) is 5.11. The average molecular weight is 285 g/mol. The molecule has 2 rings (SSSR count). The average Bonchev–Trinajstić information content (AvgIpc) is 2.41. The fourth-order valence-electron chi connectivity index (χ4n) is 2.46. The molecule has 2 N–H and O–H groups in total. The van der Waals surface area contributed by atoms with Gasteiger partial charge in [-0.1, -0.05) is 17.7 Å². The molecule has 0 aliphatic carbocycles. The molecule has 1 amide bonds. The van der Waals surface area contributed by atoms with Gasteiger partial charge < -0.3 is 10.6 Å². The normalized spacial score (nSPS) is 21.3. The number of hydrogen-bond acceptors (Lipinski definition) is 2. The maximum Gasteiger partial charge on any atom is 0.256 e. The number of hydrogen-bond donors (Lipinski definition) is 1. The number of benzene rings is 1. The Balaban J connectivity index is 2.17. The molecule has 2 atom stereocenters. The van der Waals surface area contributed by atoms with Crippen LogP contribution in [0.4, 0.5) is 4.39 Å². The van der Waals surface area contributed by atoms with Crippen molar-refractivity contribution in [3.63, 3.8) is 0 Å². The largest absolute Gasteiger partial charge is 0.338 e. The summed E-state index contributed by atoms with van der Waals surface area (Å²) >= 11 is 5.71. The molecule has 1 aliphatic heterocycles. The van der Waals surface area contributed by atoms with E-state index in [0.717, 1.165) is 12.8 Å². The first kappa shape index (κ1) is 14.3. The predicted molar refractivity (Wildman–Crippen MR) is 73.7 cm³/mol. The number of carbonyl (C=O) groups is 1. The van der Waals surface area contributed by atoms with E-state index in [9.17, 15) is 9.18 Å². The summed E-state index contributed by atoms with van der Waals surface area (Å²) < 4.78 is 13.9. The van der Waals surface area contributed by atoms with Crippen LogP contribution in [0.3, 0.4) is 0 Å². The molecule has 1 aromatic carbocycles. The van der Waals surface area contributed by atoms with E-state index in [-0.39, 0.29) is 28.5 Å². The van der Waals surface area contributed by atoms with E-state index < -0.39 is 5.82 Å². The molecule has 19 heavy (non-hydrogen) atoms. The van der Waals surface area contributed by atoms with Gasteiger partial charge in [-0.25, -0.2) is 4.39 Å². The predicted octanol–water partition coefficient (Wildman–Crippen LogP) is 2.68. The maximum absolute atomic E-state index is 13.9. The van der Waals surface area contributed by atoms with Gasteiger partial charge in [-0.15, -0.1) is 0 Å². The summed E-state index contributed by atoms with van der Waals surface area (Å²) in [5.74, 6) is -0.664. The van der Waals surface area contributed by atoms with Gasteiger partial charge in [-0.05, 0) is 37.8 Å². The number of nitrogens with zero attached hydrogens (tertiary/aromatic N) is 1. The number of carbonyl (C=O) groups excluding carboxylic acids is 1. The van der Waals surface area contributed by atoms with Crippen LogP contribution >= 0.6 is 11.6 Å². The van der Waals surface area contributed by atoms with Crippen LogP contribution in [0.1, 0.15) is 30.1 Å². The highest BCUT2D eigenvalue weighted by Gasteiger charge is 2.28. The lowest BCUT2D eigenvalue weighted by Gasteiger charge is -2.34. The van der Waals surface area contributed by atoms with Crippen molar-refractivity contribution in [1.82, 2.24) is 4.90 Å². The van der Waals surface area contributed by atoms with Gasteiger partial charge in [-0.2, -0.15) is 0 Å². The Morgan fingerprint density at radius 3 is 3.00 bits per heavy atom. The van der Waals surface area contributed by atoms with Crippen LogP contribution in [0, 0.1) is 11.7 Å². The summed E-state index contributed by atoms with van der Waals surface area (Å²) in [6, 6.07) is 4.54. The highest BCUT2D eigenvalue weighted by Crippen LogP contribution is 2.23. The first-order valence-electron chi connectivity index (χ1n) is 6.49. The highest BCUT2D eigenvalue weighted by molar-refractivity contribution is 6.31. The van der Waals surface area contributed by atoms with Gasteiger partial charge in [0.15, 0.2) is 5.82 Å². The maximum atomic E-state index is 13.9. The Morgan fingerprint density at radius 1 is 1.58 bits per heavy atom. The molecular formula is C14H18ClFN2O. The molecule has 2 unspecified atom stereocenters. The van der Waals surface area contributed by atoms with Crippen LogP contribution in [0.15, 0.2) is 18.2 Å². The number of nitrogens with two attached hydrogens (primary N) is 1. The lowest BCUT2D eigenvalue weighted by molar-refractivity contribution is 0.0656. The summed E-state index contributed by atoms with van der Waals surface area (Å²) in [6.07, 6.45) is 1.92. The zero-order valence-electron chi connectivity index (χ0n) is 10.9. The topological polar surface area (TPSA) is 46.3 Å². The molecule has 5 heteroatoms. The van der Waals surface area contributed by atoms with E-state index in [1.807, 2.05) is 6.92 Å². The molecule has 104 valence electrons. The molecule has 3 nitrogen and oxygen atoms in total. The van der Waals surface area contributed by atoms with Crippen molar-refractivity contribution in [3.05, 3.63) is 34.6 Å². The number of halogens is 2. The second kappa shape index (κ2) is 5.88. The molecule has 1 fully saturated rings. The number of amides is 1. The summed E-state index contributed by atoms with van der Waals surface area (Å²) in [6.45, 7) is 3.18. The fraction of sp³-hybridized carbons (Fsp3) is 0.500. The zero-order chi connectivity index (χ0) is 14.0. The van der Waals surface area contributed by atoms with Gasteiger partial charge in [0.25, 0.3) is 5.91 Å². The van der Waals surface area contributed by atoms with E-state index in [1.165, 1.54) is 12.1 Å². The zero-order valence-corrected chi connectivity index (χ0v) is 11.7. The van der Waals surface area contributed by atoms with Crippen LogP contribution in [0.25, 0.3) is 0 Å². The van der Waals surface area contributed by atoms with Gasteiger partial charge in [-0.3, -0.25) is 4.79 Å². The Bertz CT molecular complexity index is 479. The van der Waals surface area contributed by atoms with Crippen LogP contribution in [-0.4, -0.2) is 29.9 Å². The monoisotopic (exact) mass is 284 g/mol. The van der Waals surface area contributed by atoms with Crippen molar-refractivity contribution in [2.45, 2.75) is 25.8 Å². The Morgan fingerprint density at radius 2 is 2.32 bits per heavy atom. The van der Waals surface area contributed by atoms with E-state index in [2.05, 4.69) is 0 Å². The number of rotatable bonds is 2. The van der Waals surface area contributed by atoms with Crippen molar-refractivity contribution < 1.29 is 9.18 Å². The minimum atomic E-state index is -0.642. The van der Waals surface area contributed by atoms with Crippen LogP contribution < -0.4 is 5.73 Å². The van der Waals surface area contributed by atoms with Crippen molar-refractivity contribution >= 4 is 17.5 Å². The van der Waals surface area contributed by atoms with Gasteiger partial charge in [0, 0.05) is 19.1 Å². The third-order valence-corrected chi connectivity index (χ3v) is 3.96. The summed E-state index contributed by atoms with van der Waals surface area (Å²) in [4.78, 5) is 14.0. The number of piperidine rings is 1. The third kappa shape index (κ3) is 3.07. The first-order chi connectivity index (χ1) is 9.00. The minimum absolute atomic E-state index is 0.0217. The summed E-state index contributed by atoms with van der Waals surface area (Å²) in [5.41, 5.74) is 5.93.